The number of sulfone groups is 1. The molecule has 1 aromatic heterocycles. The molecule has 0 aliphatic heterocycles. The third kappa shape index (κ3) is 3.46. The number of anilines is 1. The van der Waals surface area contributed by atoms with Crippen molar-refractivity contribution in [3.8, 4) is 11.3 Å². The second-order valence-corrected chi connectivity index (χ2v) is 6.71. The van der Waals surface area contributed by atoms with Crippen LogP contribution in [0.1, 0.15) is 10.5 Å². The van der Waals surface area contributed by atoms with E-state index in [2.05, 4.69) is 4.98 Å². The number of aromatic carboxylic acids is 1. The molecule has 4 N–H and O–H groups in total. The van der Waals surface area contributed by atoms with Gasteiger partial charge in [0, 0.05) is 5.56 Å². The van der Waals surface area contributed by atoms with Gasteiger partial charge < -0.3 is 15.9 Å². The van der Waals surface area contributed by atoms with Crippen LogP contribution >= 0.6 is 0 Å². The zero-order chi connectivity index (χ0) is 17.2. The second kappa shape index (κ2) is 6.31. The van der Waals surface area contributed by atoms with Crippen molar-refractivity contribution >= 4 is 21.5 Å². The van der Waals surface area contributed by atoms with Crippen LogP contribution in [0.2, 0.25) is 0 Å². The number of nitrogens with zero attached hydrogens (tertiary/aromatic N) is 1. The van der Waals surface area contributed by atoms with Gasteiger partial charge in [0.1, 0.15) is 5.82 Å². The van der Waals surface area contributed by atoms with Crippen LogP contribution in [0.4, 0.5) is 10.1 Å². The lowest BCUT2D eigenvalue weighted by atomic mass is 10.1. The molecule has 0 fully saturated rings. The number of pyridine rings is 1. The summed E-state index contributed by atoms with van der Waals surface area (Å²) in [5.41, 5.74) is 4.78. The number of nitrogens with two attached hydrogens (primary N) is 1. The molecule has 23 heavy (non-hydrogen) atoms. The first-order valence-corrected chi connectivity index (χ1v) is 8.05. The third-order valence-electron chi connectivity index (χ3n) is 3.03. The number of hydrogen-bond donors (Lipinski definition) is 3. The molecule has 0 unspecified atom stereocenters. The molecule has 0 saturated carbocycles. The van der Waals surface area contributed by atoms with Crippen LogP contribution in [0.5, 0.6) is 0 Å². The Labute approximate surface area is 131 Å². The van der Waals surface area contributed by atoms with Gasteiger partial charge in [-0.15, -0.1) is 0 Å². The van der Waals surface area contributed by atoms with E-state index in [9.17, 15) is 17.6 Å². The summed E-state index contributed by atoms with van der Waals surface area (Å²) in [4.78, 5) is 14.6. The van der Waals surface area contributed by atoms with Crippen LogP contribution in [0.15, 0.2) is 35.2 Å². The minimum Gasteiger partial charge on any atom is -0.476 e. The number of rotatable bonds is 5. The highest BCUT2D eigenvalue weighted by atomic mass is 32.2. The molecule has 0 aliphatic rings. The molecule has 0 aliphatic carbocycles. The maximum absolute atomic E-state index is 13.0. The second-order valence-electron chi connectivity index (χ2n) is 4.63. The van der Waals surface area contributed by atoms with Gasteiger partial charge in [-0.1, -0.05) is 0 Å². The molecule has 1 heterocycles. The molecule has 0 bridgehead atoms. The van der Waals surface area contributed by atoms with E-state index >= 15 is 0 Å². The summed E-state index contributed by atoms with van der Waals surface area (Å²) < 4.78 is 37.5. The van der Waals surface area contributed by atoms with Crippen molar-refractivity contribution < 1.29 is 27.8 Å². The Balaban J connectivity index is 2.77. The topological polar surface area (TPSA) is 131 Å². The minimum atomic E-state index is -3.94. The summed E-state index contributed by atoms with van der Waals surface area (Å²) >= 11 is 0. The predicted molar refractivity (Wildman–Crippen MR) is 80.1 cm³/mol. The van der Waals surface area contributed by atoms with Gasteiger partial charge in [0.25, 0.3) is 0 Å². The van der Waals surface area contributed by atoms with E-state index in [0.717, 1.165) is 18.2 Å². The zero-order valence-corrected chi connectivity index (χ0v) is 12.5. The van der Waals surface area contributed by atoms with Crippen molar-refractivity contribution in [3.05, 3.63) is 41.8 Å². The van der Waals surface area contributed by atoms with E-state index in [1.165, 1.54) is 12.1 Å². The molecule has 7 nitrogen and oxygen atoms in total. The number of aromatic nitrogens is 1. The fourth-order valence-electron chi connectivity index (χ4n) is 1.96. The first-order chi connectivity index (χ1) is 10.8. The predicted octanol–water partition coefficient (Wildman–Crippen LogP) is 0.934. The molecule has 0 amide bonds. The van der Waals surface area contributed by atoms with Gasteiger partial charge in [-0.3, -0.25) is 0 Å². The first kappa shape index (κ1) is 16.8. The Morgan fingerprint density at radius 2 is 1.87 bits per heavy atom. The highest BCUT2D eigenvalue weighted by Crippen LogP contribution is 2.29. The zero-order valence-electron chi connectivity index (χ0n) is 11.7. The molecule has 0 spiro atoms. The molecule has 0 atom stereocenters. The SMILES string of the molecule is Nc1cc(S(=O)(=O)CCO)c(-c2ccc(F)cc2)nc1C(=O)O. The summed E-state index contributed by atoms with van der Waals surface area (Å²) in [6.07, 6.45) is 0. The Bertz CT molecular complexity index is 850. The van der Waals surface area contributed by atoms with Gasteiger partial charge >= 0.3 is 5.97 Å². The van der Waals surface area contributed by atoms with Gasteiger partial charge in [0.05, 0.1) is 28.6 Å². The average molecular weight is 340 g/mol. The van der Waals surface area contributed by atoms with E-state index in [1.807, 2.05) is 0 Å². The normalized spacial score (nSPS) is 11.4. The number of nitrogen functional groups attached to an aromatic ring is 1. The Morgan fingerprint density at radius 3 is 2.39 bits per heavy atom. The summed E-state index contributed by atoms with van der Waals surface area (Å²) in [6, 6.07) is 5.72. The van der Waals surface area contributed by atoms with Gasteiger partial charge in [-0.05, 0) is 30.3 Å². The van der Waals surface area contributed by atoms with E-state index in [1.54, 1.807) is 0 Å². The van der Waals surface area contributed by atoms with Gasteiger partial charge in [0.2, 0.25) is 0 Å². The number of carbonyl (C=O) groups is 1. The number of halogens is 1. The molecule has 2 rings (SSSR count). The van der Waals surface area contributed by atoms with Gasteiger partial charge in [0.15, 0.2) is 15.5 Å². The Kier molecular flexibility index (Phi) is 4.62. The van der Waals surface area contributed by atoms with E-state index in [-0.39, 0.29) is 21.8 Å². The molecular formula is C14H13FN2O5S. The van der Waals surface area contributed by atoms with E-state index < -0.39 is 39.7 Å². The molecule has 9 heteroatoms. The van der Waals surface area contributed by atoms with Gasteiger partial charge in [-0.2, -0.15) is 0 Å². The molecule has 1 aromatic carbocycles. The summed E-state index contributed by atoms with van der Waals surface area (Å²) in [7, 11) is -3.94. The van der Waals surface area contributed by atoms with Crippen molar-refractivity contribution in [2.75, 3.05) is 18.1 Å². The summed E-state index contributed by atoms with van der Waals surface area (Å²) in [5, 5.41) is 18.0. The number of benzene rings is 1. The lowest BCUT2D eigenvalue weighted by molar-refractivity contribution is 0.0691. The number of aliphatic hydroxyl groups excluding tert-OH is 1. The highest BCUT2D eigenvalue weighted by Gasteiger charge is 2.24. The van der Waals surface area contributed by atoms with Crippen molar-refractivity contribution in [3.63, 3.8) is 0 Å². The van der Waals surface area contributed by atoms with Crippen LogP contribution in [0, 0.1) is 5.82 Å². The lowest BCUT2D eigenvalue weighted by Gasteiger charge is -2.12. The lowest BCUT2D eigenvalue weighted by Crippen LogP contribution is -2.15. The van der Waals surface area contributed by atoms with Crippen LogP contribution in [-0.2, 0) is 9.84 Å². The number of hydrogen-bond acceptors (Lipinski definition) is 6. The Morgan fingerprint density at radius 1 is 1.26 bits per heavy atom. The fourth-order valence-corrected chi connectivity index (χ4v) is 3.19. The van der Waals surface area contributed by atoms with Crippen molar-refractivity contribution in [2.45, 2.75) is 4.90 Å². The average Bonchev–Trinajstić information content (AvgIpc) is 2.47. The molecule has 0 saturated heterocycles. The summed E-state index contributed by atoms with van der Waals surface area (Å²) in [6.45, 7) is -0.619. The molecule has 2 aromatic rings. The van der Waals surface area contributed by atoms with Gasteiger partial charge in [-0.25, -0.2) is 22.6 Å². The van der Waals surface area contributed by atoms with Crippen molar-refractivity contribution in [2.24, 2.45) is 0 Å². The van der Waals surface area contributed by atoms with E-state index in [4.69, 9.17) is 15.9 Å². The fraction of sp³-hybridized carbons (Fsp3) is 0.143. The van der Waals surface area contributed by atoms with Crippen molar-refractivity contribution in [1.29, 1.82) is 0 Å². The smallest absolute Gasteiger partial charge is 0.356 e. The highest BCUT2D eigenvalue weighted by molar-refractivity contribution is 7.91. The maximum Gasteiger partial charge on any atom is 0.356 e. The minimum absolute atomic E-state index is 0.162. The van der Waals surface area contributed by atoms with Crippen LogP contribution < -0.4 is 5.73 Å². The van der Waals surface area contributed by atoms with Crippen LogP contribution in [0.25, 0.3) is 11.3 Å². The Hall–Kier alpha value is -2.52. The maximum atomic E-state index is 13.0. The standard InChI is InChI=1S/C14H13FN2O5S/c15-9-3-1-8(2-4-9)12-11(23(21,22)6-5-18)7-10(16)13(17-12)14(19)20/h1-4,7,18H,5-6,16H2,(H,19,20). The molecule has 122 valence electrons. The summed E-state index contributed by atoms with van der Waals surface area (Å²) in [5.74, 6) is -2.53. The largest absolute Gasteiger partial charge is 0.476 e. The van der Waals surface area contributed by atoms with E-state index in [0.29, 0.717) is 0 Å². The van der Waals surface area contributed by atoms with Crippen molar-refractivity contribution in [1.82, 2.24) is 4.98 Å². The number of carboxylic acid groups (broad SMARTS) is 1. The molecule has 0 radical (unpaired) electrons. The first-order valence-electron chi connectivity index (χ1n) is 6.39. The molecular weight excluding hydrogens is 327 g/mol. The number of aliphatic hydroxyl groups is 1. The monoisotopic (exact) mass is 340 g/mol. The number of carboxylic acids is 1. The third-order valence-corrected chi connectivity index (χ3v) is 4.73. The van der Waals surface area contributed by atoms with Crippen LogP contribution in [-0.4, -0.2) is 41.9 Å². The van der Waals surface area contributed by atoms with Crippen LogP contribution in [0.3, 0.4) is 0 Å². The quantitative estimate of drug-likeness (QED) is 0.738.